The molecule has 2 aromatic rings. The van der Waals surface area contributed by atoms with Crippen molar-refractivity contribution < 1.29 is 0 Å². The fourth-order valence-corrected chi connectivity index (χ4v) is 3.45. The van der Waals surface area contributed by atoms with Gasteiger partial charge in [-0.1, -0.05) is 18.2 Å². The van der Waals surface area contributed by atoms with Crippen LogP contribution in [0.2, 0.25) is 0 Å². The van der Waals surface area contributed by atoms with Crippen molar-refractivity contribution in [2.45, 2.75) is 44.7 Å². The number of hydrogen-bond donors (Lipinski definition) is 1. The summed E-state index contributed by atoms with van der Waals surface area (Å²) in [5.74, 6) is 1.20. The molecule has 1 aliphatic heterocycles. The van der Waals surface area contributed by atoms with Gasteiger partial charge < -0.3 is 10.2 Å². The van der Waals surface area contributed by atoms with Crippen LogP contribution < -0.4 is 10.2 Å². The van der Waals surface area contributed by atoms with Crippen LogP contribution in [0.25, 0.3) is 10.9 Å². The molecule has 1 saturated carbocycles. The Morgan fingerprint density at radius 1 is 1.24 bits per heavy atom. The second-order valence-corrected chi connectivity index (χ2v) is 6.50. The van der Waals surface area contributed by atoms with Crippen molar-refractivity contribution in [1.82, 2.24) is 10.3 Å². The van der Waals surface area contributed by atoms with Crippen LogP contribution >= 0.6 is 0 Å². The van der Waals surface area contributed by atoms with Crippen molar-refractivity contribution in [3.05, 3.63) is 35.9 Å². The molecule has 3 nitrogen and oxygen atoms in total. The van der Waals surface area contributed by atoms with E-state index in [2.05, 4.69) is 47.5 Å². The fraction of sp³-hybridized carbons (Fsp3) is 0.500. The third-order valence-electron chi connectivity index (χ3n) is 4.73. The standard InChI is InChI=1S/C18H23N3/c1-13-11-14-5-2-3-7-17(14)20-18(13)21(16-8-9-16)12-15-6-4-10-19-15/h2-3,5,7,11,15-16,19H,4,6,8-10,12H2,1H3. The van der Waals surface area contributed by atoms with Crippen molar-refractivity contribution in [2.75, 3.05) is 18.0 Å². The van der Waals surface area contributed by atoms with Gasteiger partial charge in [-0.05, 0) is 56.8 Å². The molecular formula is C18H23N3. The van der Waals surface area contributed by atoms with Gasteiger partial charge in [0.2, 0.25) is 0 Å². The maximum Gasteiger partial charge on any atom is 0.132 e. The first-order valence-electron chi connectivity index (χ1n) is 8.18. The van der Waals surface area contributed by atoms with Gasteiger partial charge in [0.15, 0.2) is 0 Å². The maximum atomic E-state index is 4.98. The number of rotatable bonds is 4. The number of benzene rings is 1. The molecule has 21 heavy (non-hydrogen) atoms. The largest absolute Gasteiger partial charge is 0.352 e. The molecule has 1 atom stereocenters. The minimum Gasteiger partial charge on any atom is -0.352 e. The first-order chi connectivity index (χ1) is 10.3. The highest BCUT2D eigenvalue weighted by Crippen LogP contribution is 2.34. The number of anilines is 1. The molecule has 110 valence electrons. The lowest BCUT2D eigenvalue weighted by atomic mass is 10.1. The van der Waals surface area contributed by atoms with Gasteiger partial charge in [-0.3, -0.25) is 0 Å². The number of aromatic nitrogens is 1. The SMILES string of the molecule is Cc1cc2ccccc2nc1N(CC1CCCN1)C1CC1. The van der Waals surface area contributed by atoms with Crippen LogP contribution in [0.3, 0.4) is 0 Å². The van der Waals surface area contributed by atoms with Gasteiger partial charge in [0.1, 0.15) is 5.82 Å². The van der Waals surface area contributed by atoms with Crippen molar-refractivity contribution in [3.63, 3.8) is 0 Å². The first-order valence-corrected chi connectivity index (χ1v) is 8.18. The second kappa shape index (κ2) is 5.30. The van der Waals surface area contributed by atoms with E-state index in [0.29, 0.717) is 12.1 Å². The fourth-order valence-electron chi connectivity index (χ4n) is 3.45. The lowest BCUT2D eigenvalue weighted by molar-refractivity contribution is 0.575. The number of nitrogens with one attached hydrogen (secondary N) is 1. The van der Waals surface area contributed by atoms with Gasteiger partial charge in [0, 0.05) is 24.0 Å². The van der Waals surface area contributed by atoms with E-state index < -0.39 is 0 Å². The van der Waals surface area contributed by atoms with Crippen LogP contribution in [0.1, 0.15) is 31.2 Å². The molecule has 2 fully saturated rings. The molecule has 0 spiro atoms. The molecule has 1 aromatic heterocycles. The molecule has 0 bridgehead atoms. The Bertz CT molecular complexity index is 642. The summed E-state index contributed by atoms with van der Waals surface area (Å²) < 4.78 is 0. The number of nitrogens with zero attached hydrogens (tertiary/aromatic N) is 2. The van der Waals surface area contributed by atoms with E-state index in [1.54, 1.807) is 0 Å². The van der Waals surface area contributed by atoms with E-state index in [9.17, 15) is 0 Å². The summed E-state index contributed by atoms with van der Waals surface area (Å²) >= 11 is 0. The highest BCUT2D eigenvalue weighted by molar-refractivity contribution is 5.81. The smallest absolute Gasteiger partial charge is 0.132 e. The number of para-hydroxylation sites is 1. The number of hydrogen-bond acceptors (Lipinski definition) is 3. The topological polar surface area (TPSA) is 28.2 Å². The molecule has 1 aromatic carbocycles. The predicted molar refractivity (Wildman–Crippen MR) is 87.9 cm³/mol. The zero-order valence-corrected chi connectivity index (χ0v) is 12.7. The van der Waals surface area contributed by atoms with E-state index in [1.165, 1.54) is 49.0 Å². The Morgan fingerprint density at radius 3 is 2.86 bits per heavy atom. The van der Waals surface area contributed by atoms with E-state index in [4.69, 9.17) is 4.98 Å². The Balaban J connectivity index is 1.69. The molecule has 1 unspecified atom stereocenters. The van der Waals surface area contributed by atoms with Gasteiger partial charge in [-0.2, -0.15) is 0 Å². The third-order valence-corrected chi connectivity index (χ3v) is 4.73. The lowest BCUT2D eigenvalue weighted by Gasteiger charge is -2.28. The van der Waals surface area contributed by atoms with E-state index in [0.717, 1.165) is 12.1 Å². The molecule has 0 amide bonds. The van der Waals surface area contributed by atoms with Gasteiger partial charge >= 0.3 is 0 Å². The molecular weight excluding hydrogens is 258 g/mol. The van der Waals surface area contributed by atoms with Crippen molar-refractivity contribution in [1.29, 1.82) is 0 Å². The van der Waals surface area contributed by atoms with E-state index >= 15 is 0 Å². The normalized spacial score (nSPS) is 21.9. The summed E-state index contributed by atoms with van der Waals surface area (Å²) in [6.45, 7) is 4.48. The van der Waals surface area contributed by atoms with Crippen LogP contribution in [0.4, 0.5) is 5.82 Å². The molecule has 1 N–H and O–H groups in total. The zero-order valence-electron chi connectivity index (χ0n) is 12.7. The molecule has 0 radical (unpaired) electrons. The average molecular weight is 281 g/mol. The number of aryl methyl sites for hydroxylation is 1. The number of fused-ring (bicyclic) bond motifs is 1. The van der Waals surface area contributed by atoms with Gasteiger partial charge in [0.25, 0.3) is 0 Å². The monoisotopic (exact) mass is 281 g/mol. The summed E-state index contributed by atoms with van der Waals surface area (Å²) in [6.07, 6.45) is 5.25. The summed E-state index contributed by atoms with van der Waals surface area (Å²) in [5.41, 5.74) is 2.42. The minimum absolute atomic E-state index is 0.637. The molecule has 1 saturated heterocycles. The van der Waals surface area contributed by atoms with Gasteiger partial charge in [-0.25, -0.2) is 4.98 Å². The summed E-state index contributed by atoms with van der Waals surface area (Å²) in [7, 11) is 0. The van der Waals surface area contributed by atoms with Crippen LogP contribution in [0.15, 0.2) is 30.3 Å². The Labute approximate surface area is 126 Å². The molecule has 4 rings (SSSR count). The van der Waals surface area contributed by atoms with Crippen molar-refractivity contribution in [3.8, 4) is 0 Å². The quantitative estimate of drug-likeness (QED) is 0.932. The highest BCUT2D eigenvalue weighted by atomic mass is 15.3. The van der Waals surface area contributed by atoms with Gasteiger partial charge in [-0.15, -0.1) is 0 Å². The van der Waals surface area contributed by atoms with E-state index in [-0.39, 0.29) is 0 Å². The summed E-state index contributed by atoms with van der Waals surface area (Å²) in [6, 6.07) is 12.1. The van der Waals surface area contributed by atoms with E-state index in [1.807, 2.05) is 0 Å². The lowest BCUT2D eigenvalue weighted by Crippen LogP contribution is -2.39. The van der Waals surface area contributed by atoms with Crippen molar-refractivity contribution in [2.24, 2.45) is 0 Å². The zero-order chi connectivity index (χ0) is 14.2. The Hall–Kier alpha value is -1.61. The van der Waals surface area contributed by atoms with Crippen LogP contribution in [-0.2, 0) is 0 Å². The third kappa shape index (κ3) is 2.62. The second-order valence-electron chi connectivity index (χ2n) is 6.50. The molecule has 2 heterocycles. The first kappa shape index (κ1) is 13.1. The Morgan fingerprint density at radius 2 is 2.10 bits per heavy atom. The predicted octanol–water partition coefficient (Wildman–Crippen LogP) is 3.26. The summed E-state index contributed by atoms with van der Waals surface area (Å²) in [4.78, 5) is 7.54. The Kier molecular flexibility index (Phi) is 3.30. The average Bonchev–Trinajstić information content (AvgIpc) is 3.21. The minimum atomic E-state index is 0.637. The van der Waals surface area contributed by atoms with Crippen LogP contribution in [0.5, 0.6) is 0 Å². The van der Waals surface area contributed by atoms with Crippen molar-refractivity contribution >= 4 is 16.7 Å². The summed E-state index contributed by atoms with van der Waals surface area (Å²) in [5, 5.41) is 4.87. The van der Waals surface area contributed by atoms with Gasteiger partial charge in [0.05, 0.1) is 5.52 Å². The molecule has 1 aliphatic carbocycles. The molecule has 3 heteroatoms. The highest BCUT2D eigenvalue weighted by Gasteiger charge is 2.33. The van der Waals surface area contributed by atoms with Crippen LogP contribution in [-0.4, -0.2) is 30.2 Å². The maximum absolute atomic E-state index is 4.98. The van der Waals surface area contributed by atoms with Crippen LogP contribution in [0, 0.1) is 6.92 Å². The number of pyridine rings is 1. The molecule has 2 aliphatic rings.